The van der Waals surface area contributed by atoms with E-state index < -0.39 is 0 Å². The molecule has 0 spiro atoms. The quantitative estimate of drug-likeness (QED) is 0.515. The molecule has 116 valence electrons. The van der Waals surface area contributed by atoms with Gasteiger partial charge in [0.2, 0.25) is 0 Å². The van der Waals surface area contributed by atoms with Gasteiger partial charge in [-0.3, -0.25) is 4.99 Å². The van der Waals surface area contributed by atoms with Crippen molar-refractivity contribution in [3.8, 4) is 5.75 Å². The van der Waals surface area contributed by atoms with Gasteiger partial charge in [-0.15, -0.1) is 0 Å². The van der Waals surface area contributed by atoms with Crippen LogP contribution in [0.15, 0.2) is 29.3 Å². The Morgan fingerprint density at radius 1 is 1.33 bits per heavy atom. The summed E-state index contributed by atoms with van der Waals surface area (Å²) in [6, 6.07) is 8.08. The minimum absolute atomic E-state index is 0.679. The summed E-state index contributed by atoms with van der Waals surface area (Å²) in [6.07, 6.45) is 3.32. The van der Waals surface area contributed by atoms with Gasteiger partial charge in [-0.25, -0.2) is 0 Å². The van der Waals surface area contributed by atoms with Gasteiger partial charge in [0.1, 0.15) is 5.75 Å². The highest BCUT2D eigenvalue weighted by molar-refractivity contribution is 5.78. The Hall–Kier alpha value is -1.71. The van der Waals surface area contributed by atoms with E-state index in [0.717, 1.165) is 37.7 Å². The molecule has 0 aliphatic carbocycles. The van der Waals surface area contributed by atoms with Crippen molar-refractivity contribution in [1.29, 1.82) is 0 Å². The van der Waals surface area contributed by atoms with E-state index in [4.69, 9.17) is 10.5 Å². The van der Waals surface area contributed by atoms with Crippen LogP contribution in [0.1, 0.15) is 31.7 Å². The fraction of sp³-hybridized carbons (Fsp3) is 0.588. The summed E-state index contributed by atoms with van der Waals surface area (Å²) in [4.78, 5) is 6.66. The largest absolute Gasteiger partial charge is 0.493 e. The van der Waals surface area contributed by atoms with Crippen molar-refractivity contribution < 1.29 is 4.74 Å². The molecule has 1 heterocycles. The molecule has 0 saturated carbocycles. The standard InChI is InChI=1S/C17H27N3O/c1-14-8-11-20(12-9-14)17(18)19-10-5-13-21-16-7-4-3-6-15(16)2/h3-4,6-7,14H,5,8-13H2,1-2H3,(H2,18,19). The van der Waals surface area contributed by atoms with Crippen molar-refractivity contribution in [2.75, 3.05) is 26.2 Å². The van der Waals surface area contributed by atoms with Crippen LogP contribution < -0.4 is 10.5 Å². The summed E-state index contributed by atoms with van der Waals surface area (Å²) in [5, 5.41) is 0. The van der Waals surface area contributed by atoms with Crippen LogP contribution >= 0.6 is 0 Å². The molecule has 0 amide bonds. The smallest absolute Gasteiger partial charge is 0.191 e. The molecule has 0 aromatic heterocycles. The van der Waals surface area contributed by atoms with Gasteiger partial charge in [0.15, 0.2) is 5.96 Å². The summed E-state index contributed by atoms with van der Waals surface area (Å²) >= 11 is 0. The summed E-state index contributed by atoms with van der Waals surface area (Å²) in [5.74, 6) is 2.47. The third kappa shape index (κ3) is 4.96. The molecule has 21 heavy (non-hydrogen) atoms. The van der Waals surface area contributed by atoms with Crippen LogP contribution in [0.2, 0.25) is 0 Å². The Morgan fingerprint density at radius 3 is 2.76 bits per heavy atom. The maximum Gasteiger partial charge on any atom is 0.191 e. The molecule has 1 fully saturated rings. The van der Waals surface area contributed by atoms with E-state index in [2.05, 4.69) is 29.8 Å². The normalized spacial score (nSPS) is 17.0. The number of piperidine rings is 1. The van der Waals surface area contributed by atoms with Gasteiger partial charge in [-0.05, 0) is 37.3 Å². The number of hydrogen-bond donors (Lipinski definition) is 1. The second kappa shape index (κ2) is 7.91. The molecule has 0 bridgehead atoms. The first-order chi connectivity index (χ1) is 10.2. The zero-order valence-electron chi connectivity index (χ0n) is 13.2. The molecule has 2 rings (SSSR count). The number of likely N-dealkylation sites (tertiary alicyclic amines) is 1. The number of nitrogens with two attached hydrogens (primary N) is 1. The zero-order valence-corrected chi connectivity index (χ0v) is 13.2. The number of rotatable bonds is 5. The number of benzene rings is 1. The predicted molar refractivity (Wildman–Crippen MR) is 87.8 cm³/mol. The lowest BCUT2D eigenvalue weighted by Crippen LogP contribution is -2.42. The summed E-state index contributed by atoms with van der Waals surface area (Å²) in [7, 11) is 0. The lowest BCUT2D eigenvalue weighted by molar-refractivity contribution is 0.277. The average Bonchev–Trinajstić information content (AvgIpc) is 2.49. The number of nitrogens with zero attached hydrogens (tertiary/aromatic N) is 2. The minimum Gasteiger partial charge on any atom is -0.493 e. The van der Waals surface area contributed by atoms with Gasteiger partial charge < -0.3 is 15.4 Å². The first-order valence-corrected chi connectivity index (χ1v) is 7.90. The second-order valence-corrected chi connectivity index (χ2v) is 5.88. The Kier molecular flexibility index (Phi) is 5.90. The first-order valence-electron chi connectivity index (χ1n) is 7.90. The second-order valence-electron chi connectivity index (χ2n) is 5.88. The number of aryl methyl sites for hydroxylation is 1. The molecular formula is C17H27N3O. The number of ether oxygens (including phenoxy) is 1. The molecule has 0 radical (unpaired) electrons. The first kappa shape index (κ1) is 15.7. The lowest BCUT2D eigenvalue weighted by atomic mass is 10.00. The molecule has 1 aromatic rings. The molecule has 0 unspecified atom stereocenters. The van der Waals surface area contributed by atoms with Crippen LogP contribution in [-0.4, -0.2) is 37.1 Å². The van der Waals surface area contributed by atoms with Crippen LogP contribution in [-0.2, 0) is 0 Å². The van der Waals surface area contributed by atoms with Crippen molar-refractivity contribution in [3.05, 3.63) is 29.8 Å². The maximum absolute atomic E-state index is 6.05. The van der Waals surface area contributed by atoms with E-state index in [9.17, 15) is 0 Å². The van der Waals surface area contributed by atoms with Crippen molar-refractivity contribution in [2.24, 2.45) is 16.6 Å². The highest BCUT2D eigenvalue weighted by atomic mass is 16.5. The Bertz CT molecular complexity index is 465. The highest BCUT2D eigenvalue weighted by Gasteiger charge is 2.16. The Morgan fingerprint density at radius 2 is 2.05 bits per heavy atom. The number of hydrogen-bond acceptors (Lipinski definition) is 2. The van der Waals surface area contributed by atoms with Gasteiger partial charge in [0.25, 0.3) is 0 Å². The third-order valence-corrected chi connectivity index (χ3v) is 4.04. The lowest BCUT2D eigenvalue weighted by Gasteiger charge is -2.31. The number of guanidine groups is 1. The van der Waals surface area contributed by atoms with Crippen LogP contribution in [0, 0.1) is 12.8 Å². The topological polar surface area (TPSA) is 50.9 Å². The van der Waals surface area contributed by atoms with Gasteiger partial charge in [0.05, 0.1) is 6.61 Å². The molecule has 4 nitrogen and oxygen atoms in total. The highest BCUT2D eigenvalue weighted by Crippen LogP contribution is 2.16. The summed E-state index contributed by atoms with van der Waals surface area (Å²) in [6.45, 7) is 7.84. The third-order valence-electron chi connectivity index (χ3n) is 4.04. The monoisotopic (exact) mass is 289 g/mol. The Balaban J connectivity index is 1.67. The van der Waals surface area contributed by atoms with Crippen LogP contribution in [0.4, 0.5) is 0 Å². The van der Waals surface area contributed by atoms with Crippen LogP contribution in [0.25, 0.3) is 0 Å². The van der Waals surface area contributed by atoms with Crippen molar-refractivity contribution in [3.63, 3.8) is 0 Å². The molecule has 0 atom stereocenters. The number of para-hydroxylation sites is 1. The maximum atomic E-state index is 6.05. The van der Waals surface area contributed by atoms with E-state index in [1.807, 2.05) is 18.2 Å². The molecule has 1 aliphatic rings. The molecule has 1 aromatic carbocycles. The fourth-order valence-corrected chi connectivity index (χ4v) is 2.50. The summed E-state index contributed by atoms with van der Waals surface area (Å²) in [5.41, 5.74) is 7.22. The zero-order chi connectivity index (χ0) is 15.1. The van der Waals surface area contributed by atoms with E-state index in [0.29, 0.717) is 12.6 Å². The molecule has 1 aliphatic heterocycles. The van der Waals surface area contributed by atoms with Gasteiger partial charge in [-0.2, -0.15) is 0 Å². The molecule has 4 heteroatoms. The van der Waals surface area contributed by atoms with E-state index in [1.54, 1.807) is 0 Å². The van der Waals surface area contributed by atoms with Gasteiger partial charge >= 0.3 is 0 Å². The Labute approximate surface area is 128 Å². The van der Waals surface area contributed by atoms with E-state index in [1.165, 1.54) is 18.4 Å². The van der Waals surface area contributed by atoms with Gasteiger partial charge in [-0.1, -0.05) is 25.1 Å². The van der Waals surface area contributed by atoms with Crippen molar-refractivity contribution in [1.82, 2.24) is 4.90 Å². The predicted octanol–water partition coefficient (Wildman–Crippen LogP) is 2.81. The SMILES string of the molecule is Cc1ccccc1OCCCN=C(N)N1CCC(C)CC1. The minimum atomic E-state index is 0.679. The van der Waals surface area contributed by atoms with Crippen LogP contribution in [0.3, 0.4) is 0 Å². The average molecular weight is 289 g/mol. The molecule has 1 saturated heterocycles. The molecular weight excluding hydrogens is 262 g/mol. The van der Waals surface area contributed by atoms with Crippen molar-refractivity contribution in [2.45, 2.75) is 33.1 Å². The fourth-order valence-electron chi connectivity index (χ4n) is 2.50. The van der Waals surface area contributed by atoms with E-state index >= 15 is 0 Å². The van der Waals surface area contributed by atoms with Crippen LogP contribution in [0.5, 0.6) is 5.75 Å². The van der Waals surface area contributed by atoms with Crippen molar-refractivity contribution >= 4 is 5.96 Å². The van der Waals surface area contributed by atoms with Gasteiger partial charge in [0, 0.05) is 26.1 Å². The number of aliphatic imine (C=N–C) groups is 1. The van der Waals surface area contributed by atoms with E-state index in [-0.39, 0.29) is 0 Å². The summed E-state index contributed by atoms with van der Waals surface area (Å²) < 4.78 is 5.75. The molecule has 2 N–H and O–H groups in total.